The van der Waals surface area contributed by atoms with E-state index in [9.17, 15) is 0 Å². The molecule has 156 valence electrons. The maximum absolute atomic E-state index is 3.29. The molecule has 0 aliphatic carbocycles. The fourth-order valence-corrected chi connectivity index (χ4v) is 4.45. The van der Waals surface area contributed by atoms with Gasteiger partial charge in [-0.15, -0.1) is 0 Å². The van der Waals surface area contributed by atoms with Crippen molar-refractivity contribution in [3.05, 3.63) is 54.6 Å². The van der Waals surface area contributed by atoms with Crippen LogP contribution in [0.2, 0.25) is 0 Å². The summed E-state index contributed by atoms with van der Waals surface area (Å²) < 4.78 is 2.46. The Hall–Kier alpha value is -1.57. The van der Waals surface area contributed by atoms with E-state index in [2.05, 4.69) is 72.5 Å². The molecule has 0 aliphatic rings. The van der Waals surface area contributed by atoms with Crippen molar-refractivity contribution in [2.75, 3.05) is 0 Å². The number of nitrogens with zero attached hydrogens (tertiary/aromatic N) is 1. The molecule has 2 heteroatoms. The largest absolute Gasteiger partial charge is 0.250 e. The molecule has 0 aliphatic heterocycles. The second kappa shape index (κ2) is 14.4. The number of rotatable bonds is 16. The highest BCUT2D eigenvalue weighted by atomic mass is 15.1. The molecule has 0 bridgehead atoms. The van der Waals surface area contributed by atoms with Gasteiger partial charge in [-0.3, -0.25) is 4.98 Å². The Kier molecular flexibility index (Phi) is 11.7. The van der Waals surface area contributed by atoms with Gasteiger partial charge in [0, 0.05) is 5.92 Å². The molecule has 2 nitrogen and oxygen atoms in total. The lowest BCUT2D eigenvalue weighted by molar-refractivity contribution is -0.730. The summed E-state index contributed by atoms with van der Waals surface area (Å²) in [5.74, 6) is 0.718. The van der Waals surface area contributed by atoms with Crippen LogP contribution < -0.4 is 4.57 Å². The molecule has 0 fully saturated rings. The lowest BCUT2D eigenvalue weighted by Gasteiger charge is -2.25. The average molecular weight is 384 g/mol. The number of unbranched alkanes of at least 4 members (excludes halogenated alkanes) is 8. The SMILES string of the molecule is CCCCCCCCC(C(CCCCCC)Cc1ccccc1)[n+]1cc[nH]c1. The summed E-state index contributed by atoms with van der Waals surface area (Å²) in [5.41, 5.74) is 1.49. The zero-order valence-corrected chi connectivity index (χ0v) is 18.4. The average Bonchev–Trinajstić information content (AvgIpc) is 3.25. The van der Waals surface area contributed by atoms with Gasteiger partial charge in [0.2, 0.25) is 6.33 Å². The summed E-state index contributed by atoms with van der Waals surface area (Å²) >= 11 is 0. The van der Waals surface area contributed by atoms with Gasteiger partial charge in [0.05, 0.1) is 0 Å². The van der Waals surface area contributed by atoms with Crippen LogP contribution in [0, 0.1) is 5.92 Å². The van der Waals surface area contributed by atoms with Crippen molar-refractivity contribution in [1.29, 1.82) is 0 Å². The molecule has 2 unspecified atom stereocenters. The van der Waals surface area contributed by atoms with Crippen LogP contribution in [0.25, 0.3) is 0 Å². The van der Waals surface area contributed by atoms with Crippen LogP contribution >= 0.6 is 0 Å². The Bertz CT molecular complexity index is 576. The molecular weight excluding hydrogens is 340 g/mol. The Morgan fingerprint density at radius 3 is 2.11 bits per heavy atom. The van der Waals surface area contributed by atoms with E-state index < -0.39 is 0 Å². The molecule has 0 saturated carbocycles. The maximum Gasteiger partial charge on any atom is 0.241 e. The molecular formula is C26H43N2+. The van der Waals surface area contributed by atoms with E-state index in [1.807, 2.05) is 0 Å². The molecule has 2 aromatic rings. The minimum absolute atomic E-state index is 0.610. The standard InChI is InChI=1S/C26H42N2/c1-3-5-7-9-10-15-19-26(28-21-20-27-23-28)25(18-14-8-6-4-2)22-24-16-12-11-13-17-24/h11-13,16-17,20-21,23,25-26H,3-10,14-15,18-19,22H2,1-2H3/p+1. The van der Waals surface area contributed by atoms with Crippen molar-refractivity contribution < 1.29 is 4.57 Å². The number of aromatic nitrogens is 2. The number of hydrogen-bond donors (Lipinski definition) is 1. The Morgan fingerprint density at radius 2 is 1.43 bits per heavy atom. The van der Waals surface area contributed by atoms with Crippen LogP contribution in [0.1, 0.15) is 103 Å². The second-order valence-corrected chi connectivity index (χ2v) is 8.48. The summed E-state index contributed by atoms with van der Waals surface area (Å²) in [6.07, 6.45) is 24.0. The highest BCUT2D eigenvalue weighted by Crippen LogP contribution is 2.28. The quantitative estimate of drug-likeness (QED) is 0.230. The van der Waals surface area contributed by atoms with Gasteiger partial charge in [-0.05, 0) is 31.2 Å². The number of imidazole rings is 1. The molecule has 0 amide bonds. The summed E-state index contributed by atoms with van der Waals surface area (Å²) in [4.78, 5) is 3.29. The van der Waals surface area contributed by atoms with Crippen molar-refractivity contribution in [2.45, 2.75) is 103 Å². The number of aromatic amines is 1. The first kappa shape index (κ1) is 22.7. The number of hydrogen-bond acceptors (Lipinski definition) is 0. The summed E-state index contributed by atoms with van der Waals surface area (Å²) in [6.45, 7) is 4.60. The smallest absolute Gasteiger partial charge is 0.241 e. The van der Waals surface area contributed by atoms with E-state index in [1.165, 1.54) is 89.0 Å². The molecule has 28 heavy (non-hydrogen) atoms. The molecule has 2 atom stereocenters. The van der Waals surface area contributed by atoms with Crippen LogP contribution in [-0.4, -0.2) is 4.98 Å². The third-order valence-electron chi connectivity index (χ3n) is 6.12. The highest BCUT2D eigenvalue weighted by molar-refractivity contribution is 5.15. The predicted molar refractivity (Wildman–Crippen MR) is 120 cm³/mol. The van der Waals surface area contributed by atoms with E-state index in [-0.39, 0.29) is 0 Å². The number of nitrogens with one attached hydrogen (secondary N) is 1. The number of benzene rings is 1. The Balaban J connectivity index is 2.00. The van der Waals surface area contributed by atoms with Crippen LogP contribution in [0.15, 0.2) is 49.1 Å². The van der Waals surface area contributed by atoms with E-state index >= 15 is 0 Å². The molecule has 1 heterocycles. The van der Waals surface area contributed by atoms with Crippen LogP contribution in [0.5, 0.6) is 0 Å². The molecule has 2 rings (SSSR count). The predicted octanol–water partition coefficient (Wildman–Crippen LogP) is 7.42. The maximum atomic E-state index is 3.29. The van der Waals surface area contributed by atoms with Crippen molar-refractivity contribution in [3.8, 4) is 0 Å². The van der Waals surface area contributed by atoms with Gasteiger partial charge in [0.25, 0.3) is 0 Å². The third-order valence-corrected chi connectivity index (χ3v) is 6.12. The summed E-state index contributed by atoms with van der Waals surface area (Å²) in [6, 6.07) is 11.7. The molecule has 0 radical (unpaired) electrons. The fraction of sp³-hybridized carbons (Fsp3) is 0.654. The molecule has 1 N–H and O–H groups in total. The van der Waals surface area contributed by atoms with Gasteiger partial charge in [-0.2, -0.15) is 0 Å². The monoisotopic (exact) mass is 383 g/mol. The fourth-order valence-electron chi connectivity index (χ4n) is 4.45. The first-order valence-corrected chi connectivity index (χ1v) is 11.9. The zero-order chi connectivity index (χ0) is 19.9. The minimum Gasteiger partial charge on any atom is -0.250 e. The van der Waals surface area contributed by atoms with Crippen LogP contribution in [0.4, 0.5) is 0 Å². The third kappa shape index (κ3) is 8.63. The summed E-state index contributed by atoms with van der Waals surface area (Å²) in [7, 11) is 0. The van der Waals surface area contributed by atoms with Gasteiger partial charge < -0.3 is 0 Å². The topological polar surface area (TPSA) is 19.7 Å². The Morgan fingerprint density at radius 1 is 0.786 bits per heavy atom. The Labute approximate surface area is 173 Å². The molecule has 1 aromatic heterocycles. The minimum atomic E-state index is 0.610. The van der Waals surface area contributed by atoms with Gasteiger partial charge in [-0.1, -0.05) is 102 Å². The van der Waals surface area contributed by atoms with Gasteiger partial charge in [0.1, 0.15) is 18.4 Å². The van der Waals surface area contributed by atoms with Crippen molar-refractivity contribution >= 4 is 0 Å². The van der Waals surface area contributed by atoms with Gasteiger partial charge >= 0.3 is 0 Å². The van der Waals surface area contributed by atoms with Crippen molar-refractivity contribution in [3.63, 3.8) is 0 Å². The van der Waals surface area contributed by atoms with Gasteiger partial charge in [0.15, 0.2) is 0 Å². The van der Waals surface area contributed by atoms with E-state index in [1.54, 1.807) is 0 Å². The van der Waals surface area contributed by atoms with E-state index in [4.69, 9.17) is 0 Å². The van der Waals surface area contributed by atoms with Crippen LogP contribution in [0.3, 0.4) is 0 Å². The van der Waals surface area contributed by atoms with Crippen molar-refractivity contribution in [2.24, 2.45) is 5.92 Å². The highest BCUT2D eigenvalue weighted by Gasteiger charge is 2.26. The first-order valence-electron chi connectivity index (χ1n) is 11.9. The lowest BCUT2D eigenvalue weighted by Crippen LogP contribution is -2.42. The summed E-state index contributed by atoms with van der Waals surface area (Å²) in [5, 5.41) is 0. The normalized spacial score (nSPS) is 13.5. The van der Waals surface area contributed by atoms with Crippen molar-refractivity contribution in [1.82, 2.24) is 4.98 Å². The van der Waals surface area contributed by atoms with E-state index in [0.29, 0.717) is 6.04 Å². The lowest BCUT2D eigenvalue weighted by atomic mass is 9.84. The first-order chi connectivity index (χ1) is 13.8. The zero-order valence-electron chi connectivity index (χ0n) is 18.4. The molecule has 0 spiro atoms. The number of H-pyrrole nitrogens is 1. The second-order valence-electron chi connectivity index (χ2n) is 8.48. The van der Waals surface area contributed by atoms with Gasteiger partial charge in [-0.25, -0.2) is 4.57 Å². The molecule has 1 aromatic carbocycles. The van der Waals surface area contributed by atoms with E-state index in [0.717, 1.165) is 5.92 Å². The van der Waals surface area contributed by atoms with Crippen LogP contribution in [-0.2, 0) is 6.42 Å². The molecule has 0 saturated heterocycles.